The summed E-state index contributed by atoms with van der Waals surface area (Å²) in [6.07, 6.45) is 3.03. The molecule has 1 fully saturated rings. The van der Waals surface area contributed by atoms with E-state index in [9.17, 15) is 26.3 Å². The number of hydrogen-bond donors (Lipinski definition) is 0. The molecule has 0 atom stereocenters. The van der Waals surface area contributed by atoms with E-state index >= 15 is 0 Å². The Labute approximate surface area is 160 Å². The summed E-state index contributed by atoms with van der Waals surface area (Å²) in [7, 11) is 0. The number of alkyl halides is 4. The zero-order valence-corrected chi connectivity index (χ0v) is 15.4. The van der Waals surface area contributed by atoms with Crippen molar-refractivity contribution in [2.24, 2.45) is 11.8 Å². The van der Waals surface area contributed by atoms with Crippen LogP contribution in [-0.4, -0.2) is 12.7 Å². The molecule has 2 nitrogen and oxygen atoms in total. The molecule has 2 rings (SSSR count). The number of benzene rings is 1. The molecule has 8 heteroatoms. The Morgan fingerprint density at radius 3 is 2.18 bits per heavy atom. The Kier molecular flexibility index (Phi) is 8.22. The third-order valence-electron chi connectivity index (χ3n) is 4.99. The summed E-state index contributed by atoms with van der Waals surface area (Å²) in [5.41, 5.74) is -0.232. The maximum absolute atomic E-state index is 14.1. The van der Waals surface area contributed by atoms with Gasteiger partial charge in [0.2, 0.25) is 0 Å². The molecule has 0 radical (unpaired) electrons. The third kappa shape index (κ3) is 7.04. The normalized spacial score (nSPS) is 20.4. The molecule has 1 aliphatic rings. The molecule has 1 saturated carbocycles. The molecule has 158 valence electrons. The van der Waals surface area contributed by atoms with E-state index in [1.807, 2.05) is 6.08 Å². The van der Waals surface area contributed by atoms with Crippen LogP contribution in [0.15, 0.2) is 24.8 Å². The van der Waals surface area contributed by atoms with Gasteiger partial charge in [0, 0.05) is 6.42 Å². The van der Waals surface area contributed by atoms with E-state index < -0.39 is 43.1 Å². The highest BCUT2D eigenvalue weighted by atomic mass is 19.3. The van der Waals surface area contributed by atoms with Crippen molar-refractivity contribution in [2.45, 2.75) is 64.3 Å². The van der Waals surface area contributed by atoms with Gasteiger partial charge in [0.25, 0.3) is 0 Å². The minimum Gasteiger partial charge on any atom is -0.429 e. The van der Waals surface area contributed by atoms with E-state index in [0.29, 0.717) is 30.9 Å². The first-order chi connectivity index (χ1) is 13.2. The molecule has 0 aromatic heterocycles. The molecule has 0 saturated heterocycles. The lowest BCUT2D eigenvalue weighted by molar-refractivity contribution is -0.256. The van der Waals surface area contributed by atoms with E-state index in [2.05, 4.69) is 16.1 Å². The SMILES string of the molecule is C=CCC[C@H]1CC[C@H](CC(F)(F)OCc2cc(F)c(OC(F)F)c(F)c2)CC1. The van der Waals surface area contributed by atoms with E-state index in [1.165, 1.54) is 0 Å². The predicted molar refractivity (Wildman–Crippen MR) is 92.2 cm³/mol. The quantitative estimate of drug-likeness (QED) is 0.311. The molecule has 1 aromatic carbocycles. The second-order valence-corrected chi connectivity index (χ2v) is 7.15. The van der Waals surface area contributed by atoms with Gasteiger partial charge in [-0.3, -0.25) is 0 Å². The van der Waals surface area contributed by atoms with Gasteiger partial charge in [-0.05, 0) is 55.2 Å². The van der Waals surface area contributed by atoms with Crippen LogP contribution >= 0.6 is 0 Å². The van der Waals surface area contributed by atoms with Gasteiger partial charge in [0.05, 0.1) is 6.61 Å². The molecular formula is C20H24F6O2. The van der Waals surface area contributed by atoms with E-state index in [0.717, 1.165) is 25.7 Å². The molecule has 0 aliphatic heterocycles. The van der Waals surface area contributed by atoms with Gasteiger partial charge in [-0.15, -0.1) is 6.58 Å². The van der Waals surface area contributed by atoms with Gasteiger partial charge in [-0.1, -0.05) is 18.9 Å². The minimum absolute atomic E-state index is 0.176. The Morgan fingerprint density at radius 2 is 1.64 bits per heavy atom. The fourth-order valence-electron chi connectivity index (χ4n) is 3.56. The molecule has 1 aromatic rings. The lowest BCUT2D eigenvalue weighted by Gasteiger charge is -2.30. The predicted octanol–water partition coefficient (Wildman–Crippen LogP) is 6.84. The summed E-state index contributed by atoms with van der Waals surface area (Å²) >= 11 is 0. The van der Waals surface area contributed by atoms with Crippen LogP contribution < -0.4 is 4.74 Å². The van der Waals surface area contributed by atoms with E-state index in [4.69, 9.17) is 0 Å². The van der Waals surface area contributed by atoms with Crippen molar-refractivity contribution in [3.8, 4) is 5.75 Å². The van der Waals surface area contributed by atoms with Crippen molar-refractivity contribution in [2.75, 3.05) is 0 Å². The van der Waals surface area contributed by atoms with Crippen LogP contribution in [-0.2, 0) is 11.3 Å². The van der Waals surface area contributed by atoms with Crippen molar-refractivity contribution in [3.05, 3.63) is 42.0 Å². The Bertz CT molecular complexity index is 619. The molecule has 1 aliphatic carbocycles. The molecule has 0 amide bonds. The monoisotopic (exact) mass is 410 g/mol. The Balaban J connectivity index is 1.85. The van der Waals surface area contributed by atoms with Crippen molar-refractivity contribution < 1.29 is 35.8 Å². The molecule has 0 N–H and O–H groups in total. The number of allylic oxidation sites excluding steroid dienone is 1. The fourth-order valence-corrected chi connectivity index (χ4v) is 3.56. The van der Waals surface area contributed by atoms with Crippen molar-refractivity contribution in [1.29, 1.82) is 0 Å². The molecule has 0 bridgehead atoms. The van der Waals surface area contributed by atoms with Gasteiger partial charge in [0.15, 0.2) is 17.4 Å². The van der Waals surface area contributed by atoms with Crippen LogP contribution in [0.2, 0.25) is 0 Å². The highest BCUT2D eigenvalue weighted by Gasteiger charge is 2.35. The summed E-state index contributed by atoms with van der Waals surface area (Å²) in [6.45, 7) is -0.467. The molecule has 0 heterocycles. The average molecular weight is 410 g/mol. The smallest absolute Gasteiger partial charge is 0.387 e. The second-order valence-electron chi connectivity index (χ2n) is 7.15. The number of rotatable bonds is 10. The lowest BCUT2D eigenvalue weighted by atomic mass is 9.78. The van der Waals surface area contributed by atoms with Crippen molar-refractivity contribution in [1.82, 2.24) is 0 Å². The summed E-state index contributed by atoms with van der Waals surface area (Å²) < 4.78 is 88.0. The van der Waals surface area contributed by atoms with Gasteiger partial charge < -0.3 is 9.47 Å². The molecule has 0 spiro atoms. The minimum atomic E-state index is -3.44. The van der Waals surface area contributed by atoms with Gasteiger partial charge in [-0.25, -0.2) is 8.78 Å². The van der Waals surface area contributed by atoms with Crippen LogP contribution in [0.4, 0.5) is 26.3 Å². The maximum atomic E-state index is 14.1. The van der Waals surface area contributed by atoms with Gasteiger partial charge >= 0.3 is 12.7 Å². The van der Waals surface area contributed by atoms with Crippen LogP contribution in [0.3, 0.4) is 0 Å². The van der Waals surface area contributed by atoms with Crippen molar-refractivity contribution >= 4 is 0 Å². The number of hydrogen-bond acceptors (Lipinski definition) is 2. The van der Waals surface area contributed by atoms with Gasteiger partial charge in [0.1, 0.15) is 0 Å². The zero-order chi connectivity index (χ0) is 20.7. The highest BCUT2D eigenvalue weighted by Crippen LogP contribution is 2.38. The molecular weight excluding hydrogens is 386 g/mol. The highest BCUT2D eigenvalue weighted by molar-refractivity contribution is 5.31. The topological polar surface area (TPSA) is 18.5 Å². The maximum Gasteiger partial charge on any atom is 0.387 e. The van der Waals surface area contributed by atoms with Crippen LogP contribution in [0.5, 0.6) is 5.75 Å². The summed E-state index contributed by atoms with van der Waals surface area (Å²) in [5, 5.41) is 0. The summed E-state index contributed by atoms with van der Waals surface area (Å²) in [5.74, 6) is -3.70. The van der Waals surface area contributed by atoms with Crippen LogP contribution in [0, 0.1) is 23.5 Å². The first-order valence-corrected chi connectivity index (χ1v) is 9.25. The summed E-state index contributed by atoms with van der Waals surface area (Å²) in [6, 6.07) is 1.28. The first-order valence-electron chi connectivity index (χ1n) is 9.25. The van der Waals surface area contributed by atoms with Gasteiger partial charge in [-0.2, -0.15) is 17.6 Å². The average Bonchev–Trinajstić information content (AvgIpc) is 2.62. The Hall–Kier alpha value is -1.70. The second kappa shape index (κ2) is 10.2. The van der Waals surface area contributed by atoms with Crippen molar-refractivity contribution in [3.63, 3.8) is 0 Å². The van der Waals surface area contributed by atoms with E-state index in [1.54, 1.807) is 0 Å². The molecule has 28 heavy (non-hydrogen) atoms. The van der Waals surface area contributed by atoms with E-state index in [-0.39, 0.29) is 11.5 Å². The number of ether oxygens (including phenoxy) is 2. The largest absolute Gasteiger partial charge is 0.429 e. The lowest BCUT2D eigenvalue weighted by Crippen LogP contribution is -2.27. The number of halogens is 6. The Morgan fingerprint density at radius 1 is 1.07 bits per heavy atom. The third-order valence-corrected chi connectivity index (χ3v) is 4.99. The first kappa shape index (κ1) is 22.6. The summed E-state index contributed by atoms with van der Waals surface area (Å²) in [4.78, 5) is 0. The zero-order valence-electron chi connectivity index (χ0n) is 15.4. The standard InChI is InChI=1S/C20H24F6O2/c1-2-3-4-13-5-7-14(8-6-13)11-20(25,26)27-12-15-9-16(21)18(17(22)10-15)28-19(23)24/h2,9-10,13-14,19H,1,3-8,11-12H2/t13-,14-. The van der Waals surface area contributed by atoms with Crippen LogP contribution in [0.1, 0.15) is 50.5 Å². The molecule has 0 unspecified atom stereocenters. The van der Waals surface area contributed by atoms with Crippen LogP contribution in [0.25, 0.3) is 0 Å². The fraction of sp³-hybridized carbons (Fsp3) is 0.600.